The zero-order valence-corrected chi connectivity index (χ0v) is 11.7. The van der Waals surface area contributed by atoms with Crippen molar-refractivity contribution in [2.24, 2.45) is 0 Å². The smallest absolute Gasteiger partial charge is 0.325 e. The zero-order valence-electron chi connectivity index (χ0n) is 11.7. The van der Waals surface area contributed by atoms with Crippen molar-refractivity contribution in [1.82, 2.24) is 19.7 Å². The molecular weight excluding hydrogens is 302 g/mol. The molecule has 0 spiro atoms. The summed E-state index contributed by atoms with van der Waals surface area (Å²) >= 11 is 0. The molecule has 2 N–H and O–H groups in total. The number of nitrogens with one attached hydrogen (secondary N) is 1. The Balaban J connectivity index is 1.74. The first-order chi connectivity index (χ1) is 11.1. The van der Waals surface area contributed by atoms with Crippen molar-refractivity contribution >= 4 is 17.8 Å². The molecule has 0 radical (unpaired) electrons. The van der Waals surface area contributed by atoms with Gasteiger partial charge in [0.15, 0.2) is 11.5 Å². The second-order valence-electron chi connectivity index (χ2n) is 4.49. The fraction of sp³-hybridized carbons (Fsp3) is 0.0714. The van der Waals surface area contributed by atoms with Gasteiger partial charge in [0.25, 0.3) is 5.91 Å². The van der Waals surface area contributed by atoms with Gasteiger partial charge in [0.1, 0.15) is 12.2 Å². The molecule has 23 heavy (non-hydrogen) atoms. The van der Waals surface area contributed by atoms with Crippen LogP contribution in [0.15, 0.2) is 47.3 Å². The third-order valence-corrected chi connectivity index (χ3v) is 2.83. The Labute approximate surface area is 129 Å². The van der Waals surface area contributed by atoms with E-state index in [9.17, 15) is 9.59 Å². The van der Waals surface area contributed by atoms with Crippen molar-refractivity contribution in [2.75, 3.05) is 5.32 Å². The van der Waals surface area contributed by atoms with E-state index in [0.29, 0.717) is 11.5 Å². The molecule has 3 aromatic heterocycles. The fourth-order valence-electron chi connectivity index (χ4n) is 1.86. The molecule has 0 atom stereocenters. The first-order valence-corrected chi connectivity index (χ1v) is 6.55. The van der Waals surface area contributed by atoms with E-state index in [2.05, 4.69) is 20.4 Å². The van der Waals surface area contributed by atoms with Crippen LogP contribution in [0.5, 0.6) is 0 Å². The Hall–Kier alpha value is -3.49. The van der Waals surface area contributed by atoms with Gasteiger partial charge in [-0.05, 0) is 24.3 Å². The normalized spacial score (nSPS) is 10.4. The van der Waals surface area contributed by atoms with Crippen LogP contribution in [0.4, 0.5) is 5.95 Å². The molecule has 3 rings (SSSR count). The third kappa shape index (κ3) is 3.40. The Bertz CT molecular complexity index is 840. The van der Waals surface area contributed by atoms with Crippen LogP contribution in [-0.4, -0.2) is 36.7 Å². The highest BCUT2D eigenvalue weighted by Crippen LogP contribution is 2.17. The topological polar surface area (TPSA) is 123 Å². The number of nitrogens with zero attached hydrogens (tertiary/aromatic N) is 4. The molecule has 9 heteroatoms. The molecule has 9 nitrogen and oxygen atoms in total. The average Bonchev–Trinajstić information content (AvgIpc) is 3.18. The summed E-state index contributed by atoms with van der Waals surface area (Å²) in [6, 6.07) is 6.52. The van der Waals surface area contributed by atoms with Gasteiger partial charge in [-0.2, -0.15) is 5.10 Å². The predicted octanol–water partition coefficient (Wildman–Crippen LogP) is 1.27. The van der Waals surface area contributed by atoms with Crippen LogP contribution in [0, 0.1) is 0 Å². The van der Waals surface area contributed by atoms with Crippen LogP contribution in [0.25, 0.3) is 11.5 Å². The van der Waals surface area contributed by atoms with Crippen LogP contribution in [0.3, 0.4) is 0 Å². The fourth-order valence-corrected chi connectivity index (χ4v) is 1.86. The van der Waals surface area contributed by atoms with Crippen LogP contribution >= 0.6 is 0 Å². The maximum Gasteiger partial charge on any atom is 0.325 e. The van der Waals surface area contributed by atoms with Gasteiger partial charge in [0.05, 0.1) is 6.26 Å². The minimum absolute atomic E-state index is 0.0678. The van der Waals surface area contributed by atoms with E-state index in [1.807, 2.05) is 0 Å². The molecule has 116 valence electrons. The number of rotatable bonds is 5. The summed E-state index contributed by atoms with van der Waals surface area (Å²) in [6.07, 6.45) is 4.41. The van der Waals surface area contributed by atoms with E-state index < -0.39 is 11.9 Å². The number of anilines is 1. The summed E-state index contributed by atoms with van der Waals surface area (Å²) in [5.41, 5.74) is 0.593. The Morgan fingerprint density at radius 1 is 1.30 bits per heavy atom. The molecule has 0 fully saturated rings. The molecule has 3 aromatic rings. The lowest BCUT2D eigenvalue weighted by molar-refractivity contribution is -0.137. The van der Waals surface area contributed by atoms with Gasteiger partial charge in [0.2, 0.25) is 5.95 Å². The molecular formula is C14H11N5O4. The van der Waals surface area contributed by atoms with E-state index in [0.717, 1.165) is 4.68 Å². The van der Waals surface area contributed by atoms with Crippen molar-refractivity contribution in [2.45, 2.75) is 6.54 Å². The van der Waals surface area contributed by atoms with Gasteiger partial charge < -0.3 is 9.52 Å². The van der Waals surface area contributed by atoms with Gasteiger partial charge in [-0.25, -0.2) is 9.97 Å². The first kappa shape index (κ1) is 14.4. The van der Waals surface area contributed by atoms with Gasteiger partial charge in [-0.15, -0.1) is 0 Å². The predicted molar refractivity (Wildman–Crippen MR) is 77.6 cm³/mol. The molecule has 1 amide bonds. The van der Waals surface area contributed by atoms with Gasteiger partial charge in [-0.1, -0.05) is 0 Å². The Morgan fingerprint density at radius 2 is 2.17 bits per heavy atom. The molecule has 3 heterocycles. The number of hydrogen-bond donors (Lipinski definition) is 2. The minimum atomic E-state index is -1.05. The Morgan fingerprint density at radius 3 is 2.91 bits per heavy atom. The zero-order chi connectivity index (χ0) is 16.2. The van der Waals surface area contributed by atoms with Crippen molar-refractivity contribution in [1.29, 1.82) is 0 Å². The van der Waals surface area contributed by atoms with E-state index in [-0.39, 0.29) is 18.2 Å². The van der Waals surface area contributed by atoms with Crippen molar-refractivity contribution in [3.63, 3.8) is 0 Å². The third-order valence-electron chi connectivity index (χ3n) is 2.83. The minimum Gasteiger partial charge on any atom is -0.480 e. The number of carboxylic acid groups (broad SMARTS) is 1. The maximum absolute atomic E-state index is 12.1. The number of amides is 1. The molecule has 0 unspecified atom stereocenters. The second-order valence-corrected chi connectivity index (χ2v) is 4.49. The van der Waals surface area contributed by atoms with Crippen molar-refractivity contribution in [3.05, 3.63) is 48.6 Å². The largest absolute Gasteiger partial charge is 0.480 e. The van der Waals surface area contributed by atoms with Crippen LogP contribution in [0.2, 0.25) is 0 Å². The molecule has 0 aromatic carbocycles. The molecule has 0 aliphatic rings. The SMILES string of the molecule is O=C(O)Cn1ccc(C(=O)Nc2nccc(-c3ccco3)n2)n1. The van der Waals surface area contributed by atoms with E-state index >= 15 is 0 Å². The molecule has 0 saturated carbocycles. The lowest BCUT2D eigenvalue weighted by Crippen LogP contribution is -2.16. The average molecular weight is 313 g/mol. The van der Waals surface area contributed by atoms with E-state index in [1.54, 1.807) is 18.2 Å². The Kier molecular flexibility index (Phi) is 3.83. The van der Waals surface area contributed by atoms with Crippen LogP contribution < -0.4 is 5.32 Å². The summed E-state index contributed by atoms with van der Waals surface area (Å²) < 4.78 is 6.38. The lowest BCUT2D eigenvalue weighted by Gasteiger charge is -2.02. The number of carbonyl (C=O) groups is 2. The summed E-state index contributed by atoms with van der Waals surface area (Å²) in [4.78, 5) is 30.8. The number of aromatic nitrogens is 4. The highest BCUT2D eigenvalue weighted by Gasteiger charge is 2.13. The summed E-state index contributed by atoms with van der Waals surface area (Å²) in [7, 11) is 0. The maximum atomic E-state index is 12.1. The van der Waals surface area contributed by atoms with Crippen LogP contribution in [0.1, 0.15) is 10.5 Å². The van der Waals surface area contributed by atoms with Crippen molar-refractivity contribution in [3.8, 4) is 11.5 Å². The summed E-state index contributed by atoms with van der Waals surface area (Å²) in [5, 5.41) is 15.1. The molecule has 0 aliphatic carbocycles. The van der Waals surface area contributed by atoms with Gasteiger partial charge in [0, 0.05) is 12.4 Å². The monoisotopic (exact) mass is 313 g/mol. The highest BCUT2D eigenvalue weighted by atomic mass is 16.4. The molecule has 0 bridgehead atoms. The van der Waals surface area contributed by atoms with Gasteiger partial charge >= 0.3 is 5.97 Å². The second kappa shape index (κ2) is 6.10. The standard InChI is InChI=1S/C14H11N5O4/c20-12(21)8-19-6-4-10(18-19)13(22)17-14-15-5-3-9(16-14)11-2-1-7-23-11/h1-7H,8H2,(H,20,21)(H,15,16,17,22). The molecule has 0 aliphatic heterocycles. The molecule has 0 saturated heterocycles. The van der Waals surface area contributed by atoms with E-state index in [4.69, 9.17) is 9.52 Å². The summed E-state index contributed by atoms with van der Waals surface area (Å²) in [6.45, 7) is -0.322. The number of carbonyl (C=O) groups excluding carboxylic acids is 1. The van der Waals surface area contributed by atoms with Gasteiger partial charge in [-0.3, -0.25) is 19.6 Å². The highest BCUT2D eigenvalue weighted by molar-refractivity contribution is 6.01. The quantitative estimate of drug-likeness (QED) is 0.727. The number of furan rings is 1. The number of carboxylic acids is 1. The number of hydrogen-bond acceptors (Lipinski definition) is 6. The summed E-state index contributed by atoms with van der Waals surface area (Å²) in [5.74, 6) is -0.939. The van der Waals surface area contributed by atoms with Crippen LogP contribution in [-0.2, 0) is 11.3 Å². The van der Waals surface area contributed by atoms with E-state index in [1.165, 1.54) is 24.7 Å². The number of aliphatic carboxylic acids is 1. The first-order valence-electron chi connectivity index (χ1n) is 6.55. The lowest BCUT2D eigenvalue weighted by atomic mass is 10.3. The van der Waals surface area contributed by atoms with Crippen molar-refractivity contribution < 1.29 is 19.1 Å².